The Kier molecular flexibility index (Phi) is 4.95. The first-order valence-electron chi connectivity index (χ1n) is 8.94. The van der Waals surface area contributed by atoms with Crippen molar-refractivity contribution in [3.8, 4) is 0 Å². The number of hydrogen-bond acceptors (Lipinski definition) is 5. The molecular formula is C20H24N2O5. The summed E-state index contributed by atoms with van der Waals surface area (Å²) in [5.74, 6) is -0.751. The second kappa shape index (κ2) is 7.06. The zero-order valence-corrected chi connectivity index (χ0v) is 16.2. The molecule has 144 valence electrons. The van der Waals surface area contributed by atoms with E-state index in [4.69, 9.17) is 9.15 Å². The molecule has 27 heavy (non-hydrogen) atoms. The van der Waals surface area contributed by atoms with Crippen LogP contribution in [0.5, 0.6) is 0 Å². The highest BCUT2D eigenvalue weighted by atomic mass is 16.5. The van der Waals surface area contributed by atoms with E-state index < -0.39 is 12.0 Å². The summed E-state index contributed by atoms with van der Waals surface area (Å²) in [7, 11) is 3.04. The molecule has 1 aliphatic rings. The van der Waals surface area contributed by atoms with Gasteiger partial charge in [-0.15, -0.1) is 0 Å². The van der Waals surface area contributed by atoms with Crippen molar-refractivity contribution in [1.82, 2.24) is 9.47 Å². The summed E-state index contributed by atoms with van der Waals surface area (Å²) >= 11 is 0. The minimum Gasteiger partial charge on any atom is -0.464 e. The van der Waals surface area contributed by atoms with Crippen molar-refractivity contribution >= 4 is 17.7 Å². The van der Waals surface area contributed by atoms with Crippen molar-refractivity contribution in [1.29, 1.82) is 0 Å². The lowest BCUT2D eigenvalue weighted by molar-refractivity contribution is 0.0581. The molecule has 3 rings (SSSR count). The van der Waals surface area contributed by atoms with Crippen LogP contribution in [0.1, 0.15) is 62.4 Å². The Morgan fingerprint density at radius 3 is 2.48 bits per heavy atom. The molecule has 2 aromatic heterocycles. The van der Waals surface area contributed by atoms with Crippen LogP contribution >= 0.6 is 0 Å². The highest BCUT2D eigenvalue weighted by molar-refractivity contribution is 6.07. The molecule has 2 aromatic rings. The molecule has 0 saturated heterocycles. The van der Waals surface area contributed by atoms with Crippen LogP contribution in [-0.4, -0.2) is 46.3 Å². The van der Waals surface area contributed by atoms with Gasteiger partial charge in [0.25, 0.3) is 5.91 Å². The van der Waals surface area contributed by atoms with E-state index in [2.05, 4.69) is 0 Å². The van der Waals surface area contributed by atoms with Crippen LogP contribution in [0.25, 0.3) is 0 Å². The molecule has 0 N–H and O–H groups in total. The van der Waals surface area contributed by atoms with Crippen molar-refractivity contribution in [3.05, 3.63) is 46.7 Å². The fraction of sp³-hybridized carbons (Fsp3) is 0.450. The topological polar surface area (TPSA) is 81.8 Å². The van der Waals surface area contributed by atoms with E-state index in [1.165, 1.54) is 13.4 Å². The summed E-state index contributed by atoms with van der Waals surface area (Å²) < 4.78 is 11.7. The first-order chi connectivity index (χ1) is 12.8. The highest BCUT2D eigenvalue weighted by Gasteiger charge is 2.41. The van der Waals surface area contributed by atoms with Gasteiger partial charge < -0.3 is 18.6 Å². The van der Waals surface area contributed by atoms with Gasteiger partial charge in [0.15, 0.2) is 11.5 Å². The summed E-state index contributed by atoms with van der Waals surface area (Å²) in [5.41, 5.74) is 2.05. The fourth-order valence-corrected chi connectivity index (χ4v) is 3.60. The van der Waals surface area contributed by atoms with E-state index in [1.807, 2.05) is 0 Å². The smallest absolute Gasteiger partial charge is 0.354 e. The van der Waals surface area contributed by atoms with E-state index in [0.717, 1.165) is 12.8 Å². The van der Waals surface area contributed by atoms with Gasteiger partial charge in [-0.25, -0.2) is 4.79 Å². The van der Waals surface area contributed by atoms with Gasteiger partial charge in [-0.2, -0.15) is 0 Å². The lowest BCUT2D eigenvalue weighted by Crippen LogP contribution is -2.45. The number of esters is 1. The summed E-state index contributed by atoms with van der Waals surface area (Å²) in [6, 6.07) is 2.62. The zero-order valence-electron chi connectivity index (χ0n) is 16.2. The van der Waals surface area contributed by atoms with Gasteiger partial charge in [0.1, 0.15) is 5.69 Å². The molecule has 1 aliphatic carbocycles. The Morgan fingerprint density at radius 1 is 1.30 bits per heavy atom. The van der Waals surface area contributed by atoms with Crippen LogP contribution in [0.4, 0.5) is 0 Å². The first-order valence-corrected chi connectivity index (χ1v) is 8.94. The molecule has 0 aliphatic heterocycles. The average molecular weight is 372 g/mol. The van der Waals surface area contributed by atoms with Crippen molar-refractivity contribution < 1.29 is 23.5 Å². The number of furan rings is 1. The largest absolute Gasteiger partial charge is 0.464 e. The number of rotatable bonds is 6. The maximum atomic E-state index is 13.3. The minimum atomic E-state index is -0.666. The summed E-state index contributed by atoms with van der Waals surface area (Å²) in [4.78, 5) is 39.9. The summed E-state index contributed by atoms with van der Waals surface area (Å²) in [5, 5.41) is 0. The van der Waals surface area contributed by atoms with E-state index in [-0.39, 0.29) is 23.5 Å². The number of hydrogen-bond donors (Lipinski definition) is 0. The Morgan fingerprint density at radius 2 is 1.96 bits per heavy atom. The molecule has 1 saturated carbocycles. The van der Waals surface area contributed by atoms with Gasteiger partial charge in [-0.3, -0.25) is 9.59 Å². The lowest BCUT2D eigenvalue weighted by atomic mass is 9.99. The molecular weight excluding hydrogens is 348 g/mol. The standard InChI is InChI=1S/C20H24N2O5/c1-11-16(12(2)21(4)17(11)20(25)26-5)18(23)13(3)22(14-8-9-14)19(24)15-7-6-10-27-15/h6-7,10,13-14H,8-9H2,1-5H3. The molecule has 1 fully saturated rings. The Bertz CT molecular complexity index is 890. The number of ether oxygens (including phenoxy) is 1. The monoisotopic (exact) mass is 372 g/mol. The Balaban J connectivity index is 1.97. The van der Waals surface area contributed by atoms with E-state index in [0.29, 0.717) is 22.5 Å². The number of carbonyl (C=O) groups excluding carboxylic acids is 3. The maximum absolute atomic E-state index is 13.3. The summed E-state index contributed by atoms with van der Waals surface area (Å²) in [6.07, 6.45) is 3.17. The second-order valence-corrected chi connectivity index (χ2v) is 6.95. The third-order valence-electron chi connectivity index (χ3n) is 5.26. The summed E-state index contributed by atoms with van der Waals surface area (Å²) in [6.45, 7) is 5.25. The number of methoxy groups -OCH3 is 1. The van der Waals surface area contributed by atoms with Crippen molar-refractivity contribution in [2.45, 2.75) is 45.7 Å². The number of carbonyl (C=O) groups is 3. The second-order valence-electron chi connectivity index (χ2n) is 6.95. The van der Waals surface area contributed by atoms with Crippen LogP contribution in [0.15, 0.2) is 22.8 Å². The molecule has 0 spiro atoms. The number of nitrogens with zero attached hydrogens (tertiary/aromatic N) is 2. The molecule has 0 aromatic carbocycles. The van der Waals surface area contributed by atoms with Gasteiger partial charge in [-0.05, 0) is 51.3 Å². The predicted octanol–water partition coefficient (Wildman–Crippen LogP) is 2.90. The predicted molar refractivity (Wildman–Crippen MR) is 97.9 cm³/mol. The fourth-order valence-electron chi connectivity index (χ4n) is 3.60. The molecule has 2 heterocycles. The SMILES string of the molecule is COC(=O)c1c(C)c(C(=O)C(C)N(C(=O)c2ccco2)C2CC2)c(C)n1C. The molecule has 7 heteroatoms. The third kappa shape index (κ3) is 3.18. The van der Waals surface area contributed by atoms with Crippen LogP contribution in [0.3, 0.4) is 0 Å². The molecule has 1 atom stereocenters. The number of ketones is 1. The molecule has 1 amide bonds. The lowest BCUT2D eigenvalue weighted by Gasteiger charge is -2.28. The van der Waals surface area contributed by atoms with Crippen LogP contribution in [0.2, 0.25) is 0 Å². The third-order valence-corrected chi connectivity index (χ3v) is 5.26. The number of aromatic nitrogens is 1. The van der Waals surface area contributed by atoms with E-state index in [9.17, 15) is 14.4 Å². The molecule has 0 bridgehead atoms. The normalized spacial score (nSPS) is 14.7. The Labute approximate surface area is 157 Å². The van der Waals surface area contributed by atoms with Gasteiger partial charge in [0, 0.05) is 24.3 Å². The van der Waals surface area contributed by atoms with Gasteiger partial charge >= 0.3 is 5.97 Å². The van der Waals surface area contributed by atoms with Crippen LogP contribution in [-0.2, 0) is 11.8 Å². The van der Waals surface area contributed by atoms with Gasteiger partial charge in [-0.1, -0.05) is 0 Å². The van der Waals surface area contributed by atoms with E-state index in [1.54, 1.807) is 49.4 Å². The van der Waals surface area contributed by atoms with E-state index >= 15 is 0 Å². The maximum Gasteiger partial charge on any atom is 0.354 e. The number of Topliss-reactive ketones (excluding diaryl/α,β-unsaturated/α-hetero) is 1. The highest BCUT2D eigenvalue weighted by Crippen LogP contribution is 2.32. The zero-order chi connectivity index (χ0) is 19.9. The molecule has 0 radical (unpaired) electrons. The average Bonchev–Trinajstić information content (AvgIpc) is 3.26. The Hall–Kier alpha value is -2.83. The van der Waals surface area contributed by atoms with Crippen molar-refractivity contribution in [2.24, 2.45) is 7.05 Å². The molecule has 7 nitrogen and oxygen atoms in total. The quantitative estimate of drug-likeness (QED) is 0.575. The van der Waals surface area contributed by atoms with Crippen LogP contribution < -0.4 is 0 Å². The van der Waals surface area contributed by atoms with Gasteiger partial charge in [0.05, 0.1) is 19.4 Å². The minimum absolute atomic E-state index is 0.0333. The number of amides is 1. The van der Waals surface area contributed by atoms with Crippen LogP contribution in [0, 0.1) is 13.8 Å². The van der Waals surface area contributed by atoms with Crippen molar-refractivity contribution in [3.63, 3.8) is 0 Å². The molecule has 1 unspecified atom stereocenters. The van der Waals surface area contributed by atoms with Crippen molar-refractivity contribution in [2.75, 3.05) is 7.11 Å². The van der Waals surface area contributed by atoms with Gasteiger partial charge in [0.2, 0.25) is 0 Å². The first kappa shape index (κ1) is 18.9.